The minimum Gasteiger partial charge on any atom is -0.456 e. The summed E-state index contributed by atoms with van der Waals surface area (Å²) in [5.74, 6) is 1.89. The second kappa shape index (κ2) is 15.7. The molecule has 4 heteroatoms. The monoisotopic (exact) mass is 843 g/mol. The minimum atomic E-state index is 0.0605. The van der Waals surface area contributed by atoms with Gasteiger partial charge in [-0.25, -0.2) is 15.0 Å². The van der Waals surface area contributed by atoms with E-state index in [1.165, 1.54) is 49.4 Å². The van der Waals surface area contributed by atoms with Gasteiger partial charge in [0.1, 0.15) is 11.2 Å². The molecule has 310 valence electrons. The molecule has 13 rings (SSSR count). The summed E-state index contributed by atoms with van der Waals surface area (Å²) in [6, 6.07) is 78.1. The van der Waals surface area contributed by atoms with E-state index in [1.807, 2.05) is 18.2 Å². The summed E-state index contributed by atoms with van der Waals surface area (Å²) in [5, 5.41) is 7.03. The highest BCUT2D eigenvalue weighted by atomic mass is 16.3. The molecule has 2 heterocycles. The summed E-state index contributed by atoms with van der Waals surface area (Å²) in [6.45, 7) is 0. The van der Waals surface area contributed by atoms with E-state index >= 15 is 0 Å². The molecule has 12 aromatic rings. The van der Waals surface area contributed by atoms with Crippen molar-refractivity contribution >= 4 is 43.5 Å². The number of rotatable bonds is 6. The Labute approximate surface area is 382 Å². The first-order chi connectivity index (χ1) is 32.7. The number of nitrogens with zero attached hydrogens (tertiary/aromatic N) is 3. The summed E-state index contributed by atoms with van der Waals surface area (Å²) in [4.78, 5) is 16.1. The van der Waals surface area contributed by atoms with Gasteiger partial charge >= 0.3 is 0 Å². The van der Waals surface area contributed by atoms with E-state index in [-0.39, 0.29) is 5.92 Å². The smallest absolute Gasteiger partial charge is 0.164 e. The van der Waals surface area contributed by atoms with Crippen LogP contribution in [0.5, 0.6) is 0 Å². The highest BCUT2D eigenvalue weighted by Crippen LogP contribution is 2.47. The van der Waals surface area contributed by atoms with Gasteiger partial charge in [0.25, 0.3) is 0 Å². The van der Waals surface area contributed by atoms with Crippen LogP contribution >= 0.6 is 0 Å². The number of aromatic nitrogens is 3. The summed E-state index contributed by atoms with van der Waals surface area (Å²) < 4.78 is 6.83. The maximum Gasteiger partial charge on any atom is 0.164 e. The molecule has 0 bridgehead atoms. The molecule has 1 atom stereocenters. The SMILES string of the molecule is c1ccc(-c2ccc(-c3nc(-c4cccc(-c5ccccc5)c4)nc(-c4cc(C5CCc6cc7ccccc7cc6-c6cc7ccccc7cc65)cc5oc6ccccc6c45)n3)cc2)cc1. The standard InChI is InChI=1S/C62H41N3O/c1-3-14-39(15-4-1)41-26-28-42(29-27-41)60-63-61(49-23-13-22-43(33-49)40-16-5-2-6-17-40)65-62(64-60)56-37-50(38-58-59(56)52-24-11-12-25-57(52)66-58)51-31-30-48-32-44-18-7-8-19-45(44)34-53(48)55-36-47-21-10-9-20-46(47)35-54(51)55/h1-29,32-38,51H,30-31H2. The van der Waals surface area contributed by atoms with Gasteiger partial charge in [0.05, 0.1) is 0 Å². The van der Waals surface area contributed by atoms with Gasteiger partial charge in [-0.1, -0.05) is 176 Å². The van der Waals surface area contributed by atoms with Crippen LogP contribution in [0, 0.1) is 0 Å². The molecule has 2 aromatic heterocycles. The minimum absolute atomic E-state index is 0.0605. The van der Waals surface area contributed by atoms with Crippen molar-refractivity contribution in [1.82, 2.24) is 15.0 Å². The average molecular weight is 844 g/mol. The van der Waals surface area contributed by atoms with Crippen molar-refractivity contribution < 1.29 is 4.42 Å². The van der Waals surface area contributed by atoms with Crippen LogP contribution in [0.2, 0.25) is 0 Å². The van der Waals surface area contributed by atoms with Crippen LogP contribution in [0.25, 0.3) is 111 Å². The third-order valence-corrected chi connectivity index (χ3v) is 13.5. The van der Waals surface area contributed by atoms with Crippen molar-refractivity contribution in [2.24, 2.45) is 0 Å². The van der Waals surface area contributed by atoms with E-state index in [2.05, 4.69) is 200 Å². The number of fused-ring (bicyclic) bond motifs is 8. The van der Waals surface area contributed by atoms with Crippen molar-refractivity contribution in [3.8, 4) is 67.5 Å². The molecule has 0 fully saturated rings. The molecule has 0 amide bonds. The number of aryl methyl sites for hydroxylation is 1. The number of furan rings is 1. The lowest BCUT2D eigenvalue weighted by Crippen LogP contribution is -2.05. The Morgan fingerprint density at radius 1 is 0.364 bits per heavy atom. The third-order valence-electron chi connectivity index (χ3n) is 13.5. The molecule has 1 aliphatic carbocycles. The lowest BCUT2D eigenvalue weighted by Gasteiger charge is -2.21. The zero-order valence-corrected chi connectivity index (χ0v) is 36.0. The van der Waals surface area contributed by atoms with E-state index < -0.39 is 0 Å². The fraction of sp³-hybridized carbons (Fsp3) is 0.0484. The van der Waals surface area contributed by atoms with E-state index in [9.17, 15) is 0 Å². The predicted octanol–water partition coefficient (Wildman–Crippen LogP) is 16.2. The highest BCUT2D eigenvalue weighted by molar-refractivity contribution is 6.12. The lowest BCUT2D eigenvalue weighted by atomic mass is 9.83. The number of hydrogen-bond donors (Lipinski definition) is 0. The average Bonchev–Trinajstić information content (AvgIpc) is 3.70. The van der Waals surface area contributed by atoms with Gasteiger partial charge in [0.2, 0.25) is 0 Å². The van der Waals surface area contributed by atoms with E-state index in [1.54, 1.807) is 0 Å². The van der Waals surface area contributed by atoms with Gasteiger partial charge in [0.15, 0.2) is 17.5 Å². The zero-order valence-electron chi connectivity index (χ0n) is 36.0. The van der Waals surface area contributed by atoms with Crippen LogP contribution in [0.3, 0.4) is 0 Å². The Bertz CT molecular complexity index is 3820. The third kappa shape index (κ3) is 6.65. The molecular weight excluding hydrogens is 803 g/mol. The summed E-state index contributed by atoms with van der Waals surface area (Å²) in [6.07, 6.45) is 1.86. The van der Waals surface area contributed by atoms with Crippen molar-refractivity contribution in [3.63, 3.8) is 0 Å². The Hall–Kier alpha value is -8.47. The van der Waals surface area contributed by atoms with Crippen LogP contribution in [0.1, 0.15) is 29.0 Å². The maximum atomic E-state index is 6.83. The second-order valence-electron chi connectivity index (χ2n) is 17.5. The van der Waals surface area contributed by atoms with Crippen LogP contribution < -0.4 is 0 Å². The van der Waals surface area contributed by atoms with Crippen molar-refractivity contribution in [2.75, 3.05) is 0 Å². The Morgan fingerprint density at radius 2 is 0.909 bits per heavy atom. The van der Waals surface area contributed by atoms with Gasteiger partial charge in [-0.15, -0.1) is 0 Å². The predicted molar refractivity (Wildman–Crippen MR) is 271 cm³/mol. The van der Waals surface area contributed by atoms with E-state index in [0.717, 1.165) is 73.7 Å². The largest absolute Gasteiger partial charge is 0.456 e. The van der Waals surface area contributed by atoms with Crippen molar-refractivity contribution in [1.29, 1.82) is 0 Å². The molecular formula is C62H41N3O. The normalized spacial score (nSPS) is 13.5. The fourth-order valence-corrected chi connectivity index (χ4v) is 10.2. The molecule has 0 spiro atoms. The summed E-state index contributed by atoms with van der Waals surface area (Å²) >= 11 is 0. The first kappa shape index (κ1) is 38.0. The summed E-state index contributed by atoms with van der Waals surface area (Å²) in [7, 11) is 0. The molecule has 0 saturated heterocycles. The van der Waals surface area contributed by atoms with Crippen molar-refractivity contribution in [3.05, 3.63) is 235 Å². The van der Waals surface area contributed by atoms with Crippen LogP contribution in [0.15, 0.2) is 223 Å². The van der Waals surface area contributed by atoms with Gasteiger partial charge in [-0.05, 0) is 127 Å². The maximum absolute atomic E-state index is 6.83. The topological polar surface area (TPSA) is 51.8 Å². The molecule has 1 aliphatic rings. The first-order valence-corrected chi connectivity index (χ1v) is 22.7. The molecule has 0 aliphatic heterocycles. The number of para-hydroxylation sites is 1. The quantitative estimate of drug-likeness (QED) is 0.167. The Balaban J connectivity index is 1.04. The van der Waals surface area contributed by atoms with Crippen LogP contribution in [-0.2, 0) is 6.42 Å². The van der Waals surface area contributed by atoms with Gasteiger partial charge < -0.3 is 4.42 Å². The molecule has 0 radical (unpaired) electrons. The number of hydrogen-bond acceptors (Lipinski definition) is 4. The Kier molecular flexibility index (Phi) is 9.02. The summed E-state index contributed by atoms with van der Waals surface area (Å²) in [5.41, 5.74) is 15.4. The van der Waals surface area contributed by atoms with Crippen LogP contribution in [0.4, 0.5) is 0 Å². The molecule has 4 nitrogen and oxygen atoms in total. The molecule has 10 aromatic carbocycles. The van der Waals surface area contributed by atoms with E-state index in [0.29, 0.717) is 17.5 Å². The van der Waals surface area contributed by atoms with Gasteiger partial charge in [-0.2, -0.15) is 0 Å². The molecule has 0 saturated carbocycles. The van der Waals surface area contributed by atoms with Gasteiger partial charge in [0, 0.05) is 33.4 Å². The Morgan fingerprint density at radius 3 is 1.65 bits per heavy atom. The molecule has 66 heavy (non-hydrogen) atoms. The number of benzene rings is 10. The highest BCUT2D eigenvalue weighted by Gasteiger charge is 2.28. The molecule has 1 unspecified atom stereocenters. The van der Waals surface area contributed by atoms with Crippen molar-refractivity contribution in [2.45, 2.75) is 18.8 Å². The first-order valence-electron chi connectivity index (χ1n) is 22.7. The zero-order chi connectivity index (χ0) is 43.6. The van der Waals surface area contributed by atoms with Crippen LogP contribution in [-0.4, -0.2) is 15.0 Å². The lowest BCUT2D eigenvalue weighted by molar-refractivity contribution is 0.665. The van der Waals surface area contributed by atoms with E-state index in [4.69, 9.17) is 19.4 Å². The molecule has 0 N–H and O–H groups in total. The fourth-order valence-electron chi connectivity index (χ4n) is 10.2. The second-order valence-corrected chi connectivity index (χ2v) is 17.5. The van der Waals surface area contributed by atoms with Gasteiger partial charge in [-0.3, -0.25) is 0 Å².